The number of carbonyl (C=O) groups excluding carboxylic acids is 1. The van der Waals surface area contributed by atoms with Crippen molar-refractivity contribution in [3.05, 3.63) is 65.6 Å². The fraction of sp³-hybridized carbons (Fsp3) is 0. The van der Waals surface area contributed by atoms with Crippen molar-refractivity contribution in [3.63, 3.8) is 0 Å². The summed E-state index contributed by atoms with van der Waals surface area (Å²) in [6.45, 7) is 0. The van der Waals surface area contributed by atoms with E-state index in [0.717, 1.165) is 10.2 Å². The quantitative estimate of drug-likeness (QED) is 0.778. The molecular formula is C16H11ClFN3O. The van der Waals surface area contributed by atoms with Crippen molar-refractivity contribution >= 4 is 17.6 Å². The van der Waals surface area contributed by atoms with E-state index in [1.54, 1.807) is 36.4 Å². The molecule has 6 heteroatoms. The smallest absolute Gasteiger partial charge is 0.339 e. The standard InChI is InChI=1S/C16H11ClFN3O/c17-12-4-5-13(14(18)9-12)10-2-1-3-11(8-10)15-6-7-21(20-15)16(19)22/h1-9H,(H2,19,22). The first-order chi connectivity index (χ1) is 10.5. The van der Waals surface area contributed by atoms with Crippen molar-refractivity contribution in [1.82, 2.24) is 9.78 Å². The summed E-state index contributed by atoms with van der Waals surface area (Å²) in [6, 6.07) is 12.7. The molecule has 1 heterocycles. The molecule has 0 aliphatic heterocycles. The number of hydrogen-bond donors (Lipinski definition) is 1. The molecule has 110 valence electrons. The summed E-state index contributed by atoms with van der Waals surface area (Å²) in [5, 5.41) is 4.42. The zero-order valence-corrected chi connectivity index (χ0v) is 12.1. The lowest BCUT2D eigenvalue weighted by atomic mass is 10.0. The van der Waals surface area contributed by atoms with Crippen molar-refractivity contribution < 1.29 is 9.18 Å². The van der Waals surface area contributed by atoms with Gasteiger partial charge < -0.3 is 5.73 Å². The van der Waals surface area contributed by atoms with Gasteiger partial charge in [-0.25, -0.2) is 9.18 Å². The Labute approximate surface area is 130 Å². The van der Waals surface area contributed by atoms with Crippen LogP contribution in [0, 0.1) is 5.82 Å². The van der Waals surface area contributed by atoms with Crippen molar-refractivity contribution in [2.45, 2.75) is 0 Å². The highest BCUT2D eigenvalue weighted by Gasteiger charge is 2.09. The maximum atomic E-state index is 14.0. The Morgan fingerprint density at radius 3 is 2.59 bits per heavy atom. The lowest BCUT2D eigenvalue weighted by Gasteiger charge is -2.06. The molecule has 1 amide bonds. The average molecular weight is 316 g/mol. The van der Waals surface area contributed by atoms with Gasteiger partial charge in [0.1, 0.15) is 5.82 Å². The number of aromatic nitrogens is 2. The van der Waals surface area contributed by atoms with Gasteiger partial charge in [-0.05, 0) is 35.9 Å². The molecule has 3 rings (SSSR count). The molecule has 0 fully saturated rings. The highest BCUT2D eigenvalue weighted by molar-refractivity contribution is 6.30. The topological polar surface area (TPSA) is 60.9 Å². The predicted molar refractivity (Wildman–Crippen MR) is 83.0 cm³/mol. The van der Waals surface area contributed by atoms with Crippen LogP contribution in [0.4, 0.5) is 9.18 Å². The number of primary amides is 1. The van der Waals surface area contributed by atoms with E-state index >= 15 is 0 Å². The normalized spacial score (nSPS) is 10.6. The third-order valence-corrected chi connectivity index (χ3v) is 3.45. The SMILES string of the molecule is NC(=O)n1ccc(-c2cccc(-c3ccc(Cl)cc3F)c2)n1. The number of benzene rings is 2. The van der Waals surface area contributed by atoms with Gasteiger partial charge in [-0.3, -0.25) is 0 Å². The second kappa shape index (κ2) is 5.61. The summed E-state index contributed by atoms with van der Waals surface area (Å²) in [5.41, 5.74) is 7.63. The molecule has 0 bridgehead atoms. The predicted octanol–water partition coefficient (Wildman–Crippen LogP) is 3.94. The summed E-state index contributed by atoms with van der Waals surface area (Å²) in [5.74, 6) is -0.396. The summed E-state index contributed by atoms with van der Waals surface area (Å²) >= 11 is 5.77. The molecule has 0 aliphatic rings. The van der Waals surface area contributed by atoms with E-state index in [2.05, 4.69) is 5.10 Å². The first-order valence-corrected chi connectivity index (χ1v) is 6.84. The number of carbonyl (C=O) groups is 1. The lowest BCUT2D eigenvalue weighted by molar-refractivity contribution is 0.248. The Morgan fingerprint density at radius 2 is 1.91 bits per heavy atom. The van der Waals surface area contributed by atoms with Gasteiger partial charge in [0, 0.05) is 22.3 Å². The summed E-state index contributed by atoms with van der Waals surface area (Å²) in [7, 11) is 0. The van der Waals surface area contributed by atoms with Gasteiger partial charge >= 0.3 is 6.03 Å². The van der Waals surface area contributed by atoms with Crippen LogP contribution in [0.2, 0.25) is 5.02 Å². The molecule has 1 aromatic heterocycles. The Balaban J connectivity index is 2.03. The highest BCUT2D eigenvalue weighted by atomic mass is 35.5. The van der Waals surface area contributed by atoms with Crippen LogP contribution in [0.15, 0.2) is 54.7 Å². The molecule has 0 saturated carbocycles. The fourth-order valence-corrected chi connectivity index (χ4v) is 2.33. The van der Waals surface area contributed by atoms with E-state index in [9.17, 15) is 9.18 Å². The van der Waals surface area contributed by atoms with E-state index in [1.807, 2.05) is 6.07 Å². The van der Waals surface area contributed by atoms with Gasteiger partial charge in [-0.1, -0.05) is 29.8 Å². The minimum Gasteiger partial charge on any atom is -0.350 e. The van der Waals surface area contributed by atoms with Crippen LogP contribution >= 0.6 is 11.6 Å². The molecule has 0 aliphatic carbocycles. The monoisotopic (exact) mass is 315 g/mol. The summed E-state index contributed by atoms with van der Waals surface area (Å²) in [6.07, 6.45) is 1.48. The largest absolute Gasteiger partial charge is 0.350 e. The molecular weight excluding hydrogens is 305 g/mol. The molecule has 0 unspecified atom stereocenters. The Hall–Kier alpha value is -2.66. The van der Waals surface area contributed by atoms with Gasteiger partial charge in [0.15, 0.2) is 0 Å². The van der Waals surface area contributed by atoms with Crippen LogP contribution in [0.25, 0.3) is 22.4 Å². The van der Waals surface area contributed by atoms with Crippen molar-refractivity contribution in [1.29, 1.82) is 0 Å². The van der Waals surface area contributed by atoms with Crippen LogP contribution in [0.3, 0.4) is 0 Å². The van der Waals surface area contributed by atoms with Gasteiger partial charge in [0.2, 0.25) is 0 Å². The first-order valence-electron chi connectivity index (χ1n) is 6.46. The lowest BCUT2D eigenvalue weighted by Crippen LogP contribution is -2.19. The third-order valence-electron chi connectivity index (χ3n) is 3.22. The molecule has 2 aromatic carbocycles. The Morgan fingerprint density at radius 1 is 1.14 bits per heavy atom. The number of hydrogen-bond acceptors (Lipinski definition) is 2. The third kappa shape index (κ3) is 2.71. The minimum atomic E-state index is -0.661. The van der Waals surface area contributed by atoms with E-state index in [4.69, 9.17) is 17.3 Å². The van der Waals surface area contributed by atoms with Crippen molar-refractivity contribution in [2.24, 2.45) is 5.73 Å². The molecule has 0 atom stereocenters. The van der Waals surface area contributed by atoms with E-state index in [-0.39, 0.29) is 0 Å². The molecule has 3 aromatic rings. The number of amides is 1. The number of nitrogens with zero attached hydrogens (tertiary/aromatic N) is 2. The van der Waals surface area contributed by atoms with Crippen LogP contribution in [-0.4, -0.2) is 15.8 Å². The van der Waals surface area contributed by atoms with Crippen LogP contribution in [0.5, 0.6) is 0 Å². The van der Waals surface area contributed by atoms with Gasteiger partial charge in [-0.15, -0.1) is 0 Å². The maximum absolute atomic E-state index is 14.0. The van der Waals surface area contributed by atoms with E-state index < -0.39 is 11.8 Å². The number of halogens is 2. The fourth-order valence-electron chi connectivity index (χ4n) is 2.17. The molecule has 2 N–H and O–H groups in total. The summed E-state index contributed by atoms with van der Waals surface area (Å²) in [4.78, 5) is 11.1. The first kappa shape index (κ1) is 14.3. The van der Waals surface area contributed by atoms with Crippen molar-refractivity contribution in [3.8, 4) is 22.4 Å². The second-order valence-electron chi connectivity index (χ2n) is 4.69. The van der Waals surface area contributed by atoms with Gasteiger partial charge in [-0.2, -0.15) is 9.78 Å². The van der Waals surface area contributed by atoms with Crippen LogP contribution < -0.4 is 5.73 Å². The molecule has 4 nitrogen and oxygen atoms in total. The van der Waals surface area contributed by atoms with Crippen LogP contribution in [-0.2, 0) is 0 Å². The minimum absolute atomic E-state index is 0.345. The zero-order valence-electron chi connectivity index (χ0n) is 11.3. The van der Waals surface area contributed by atoms with Crippen molar-refractivity contribution in [2.75, 3.05) is 0 Å². The molecule has 0 saturated heterocycles. The number of nitrogens with two attached hydrogens (primary N) is 1. The van der Waals surface area contributed by atoms with Gasteiger partial charge in [0.05, 0.1) is 5.69 Å². The molecule has 0 radical (unpaired) electrons. The number of rotatable bonds is 2. The van der Waals surface area contributed by atoms with Crippen LogP contribution in [0.1, 0.15) is 0 Å². The zero-order chi connectivity index (χ0) is 15.7. The molecule has 0 spiro atoms. The molecule has 22 heavy (non-hydrogen) atoms. The Bertz CT molecular complexity index is 860. The maximum Gasteiger partial charge on any atom is 0.339 e. The van der Waals surface area contributed by atoms with Gasteiger partial charge in [0.25, 0.3) is 0 Å². The highest BCUT2D eigenvalue weighted by Crippen LogP contribution is 2.28. The van der Waals surface area contributed by atoms with E-state index in [1.165, 1.54) is 12.3 Å². The Kier molecular flexibility index (Phi) is 3.65. The van der Waals surface area contributed by atoms with E-state index in [0.29, 0.717) is 21.8 Å². The second-order valence-corrected chi connectivity index (χ2v) is 5.13. The average Bonchev–Trinajstić information content (AvgIpc) is 2.97. The summed E-state index contributed by atoms with van der Waals surface area (Å²) < 4.78 is 15.1.